The molecule has 1 fully saturated rings. The second-order valence-electron chi connectivity index (χ2n) is 11.2. The van der Waals surface area contributed by atoms with Gasteiger partial charge in [-0.25, -0.2) is 0 Å². The van der Waals surface area contributed by atoms with Crippen LogP contribution in [0.25, 0.3) is 0 Å². The molecule has 0 spiro atoms. The van der Waals surface area contributed by atoms with E-state index in [9.17, 15) is 9.59 Å². The van der Waals surface area contributed by atoms with Crippen LogP contribution in [0.1, 0.15) is 42.0 Å². The molecule has 1 aliphatic carbocycles. The number of Topliss-reactive ketones (excluding diaryl/α,β-unsaturated/α-hetero) is 1. The maximum Gasteiger partial charge on any atom is 0.227 e. The van der Waals surface area contributed by atoms with Gasteiger partial charge in [-0.05, 0) is 93.1 Å². The summed E-state index contributed by atoms with van der Waals surface area (Å²) in [5.74, 6) is 1.02. The second-order valence-corrected chi connectivity index (χ2v) is 12.0. The number of aryl methyl sites for hydroxylation is 1. The largest absolute Gasteiger partial charge is 0.490 e. The first-order valence-corrected chi connectivity index (χ1v) is 15.5. The summed E-state index contributed by atoms with van der Waals surface area (Å²) in [7, 11) is 1.80. The summed E-state index contributed by atoms with van der Waals surface area (Å²) in [6.45, 7) is 4.94. The van der Waals surface area contributed by atoms with Gasteiger partial charge in [0.2, 0.25) is 5.91 Å². The number of carbonyl (C=O) groups excluding carboxylic acids is 2. The topological polar surface area (TPSA) is 93.9 Å². The SMILES string of the molecule is CNC(Cc1cccc(CN(C(=O)C(CN)Cc2ccc(OCCOc3c(Cl)cc(C)cc3Cl)cc2)C2CC2)c1)C(C)=O. The van der Waals surface area contributed by atoms with Crippen molar-refractivity contribution in [2.24, 2.45) is 11.7 Å². The number of nitrogens with two attached hydrogens (primary N) is 1. The molecule has 43 heavy (non-hydrogen) atoms. The van der Waals surface area contributed by atoms with Crippen LogP contribution in [-0.4, -0.2) is 55.5 Å². The van der Waals surface area contributed by atoms with Crippen molar-refractivity contribution < 1.29 is 19.1 Å². The molecule has 2 unspecified atom stereocenters. The Hall–Kier alpha value is -3.10. The number of rotatable bonds is 16. The van der Waals surface area contributed by atoms with Gasteiger partial charge in [-0.2, -0.15) is 0 Å². The zero-order valence-electron chi connectivity index (χ0n) is 25.1. The average molecular weight is 627 g/mol. The first-order valence-electron chi connectivity index (χ1n) is 14.7. The zero-order valence-corrected chi connectivity index (χ0v) is 26.6. The molecule has 1 saturated carbocycles. The van der Waals surface area contributed by atoms with Crippen LogP contribution in [0.15, 0.2) is 60.7 Å². The molecule has 0 saturated heterocycles. The molecule has 0 heterocycles. The van der Waals surface area contributed by atoms with Gasteiger partial charge in [0.1, 0.15) is 24.7 Å². The van der Waals surface area contributed by atoms with Gasteiger partial charge in [-0.1, -0.05) is 59.6 Å². The number of nitrogens with zero attached hydrogens (tertiary/aromatic N) is 1. The quantitative estimate of drug-likeness (QED) is 0.196. The van der Waals surface area contributed by atoms with Gasteiger partial charge in [0, 0.05) is 19.1 Å². The van der Waals surface area contributed by atoms with E-state index >= 15 is 0 Å². The molecule has 3 N–H and O–H groups in total. The molecular weight excluding hydrogens is 585 g/mol. The molecule has 0 aromatic heterocycles. The zero-order chi connectivity index (χ0) is 30.9. The maximum atomic E-state index is 13.7. The Morgan fingerprint density at radius 1 is 0.953 bits per heavy atom. The fourth-order valence-electron chi connectivity index (χ4n) is 5.15. The number of nitrogens with one attached hydrogen (secondary N) is 1. The predicted molar refractivity (Wildman–Crippen MR) is 172 cm³/mol. The van der Waals surface area contributed by atoms with Gasteiger partial charge >= 0.3 is 0 Å². The van der Waals surface area contributed by atoms with Crippen molar-refractivity contribution >= 4 is 34.9 Å². The third-order valence-corrected chi connectivity index (χ3v) is 8.24. The fourth-order valence-corrected chi connectivity index (χ4v) is 5.85. The lowest BCUT2D eigenvalue weighted by atomic mass is 9.97. The summed E-state index contributed by atoms with van der Waals surface area (Å²) >= 11 is 12.5. The van der Waals surface area contributed by atoms with Crippen molar-refractivity contribution in [2.75, 3.05) is 26.8 Å². The van der Waals surface area contributed by atoms with Crippen LogP contribution in [0, 0.1) is 12.8 Å². The standard InChI is InChI=1S/C34H41Cl2N3O4/c1-22-15-30(35)33(31(36)16-22)43-14-13-42-29-11-7-24(8-12-29)18-27(20-37)34(41)39(28-9-10-28)21-26-6-4-5-25(17-26)19-32(38-3)23(2)40/h4-8,11-12,15-17,27-28,32,38H,9-10,13-14,18-21,37H2,1-3H3. The molecule has 3 aromatic carbocycles. The predicted octanol–water partition coefficient (Wildman–Crippen LogP) is 5.79. The molecule has 1 aliphatic rings. The first kappa shape index (κ1) is 32.8. The minimum atomic E-state index is -0.320. The molecular formula is C34H41Cl2N3O4. The average Bonchev–Trinajstić information content (AvgIpc) is 3.82. The van der Waals surface area contributed by atoms with E-state index in [-0.39, 0.29) is 36.2 Å². The van der Waals surface area contributed by atoms with E-state index in [1.54, 1.807) is 26.1 Å². The second kappa shape index (κ2) is 15.6. The Bertz CT molecular complexity index is 1370. The number of hydrogen-bond donors (Lipinski definition) is 2. The summed E-state index contributed by atoms with van der Waals surface area (Å²) in [4.78, 5) is 27.6. The molecule has 2 atom stereocenters. The van der Waals surface area contributed by atoms with Crippen molar-refractivity contribution in [3.63, 3.8) is 0 Å². The molecule has 4 rings (SSSR count). The summed E-state index contributed by atoms with van der Waals surface area (Å²) in [6, 6.07) is 19.5. The van der Waals surface area contributed by atoms with E-state index < -0.39 is 0 Å². The molecule has 9 heteroatoms. The molecule has 0 radical (unpaired) electrons. The summed E-state index contributed by atoms with van der Waals surface area (Å²) in [6.07, 6.45) is 3.18. The minimum Gasteiger partial charge on any atom is -0.490 e. The fraction of sp³-hybridized carbons (Fsp3) is 0.412. The Kier molecular flexibility index (Phi) is 11.9. The summed E-state index contributed by atoms with van der Waals surface area (Å²) in [5.41, 5.74) is 10.3. The van der Waals surface area contributed by atoms with E-state index in [1.165, 1.54) is 0 Å². The normalized spacial score (nSPS) is 14.2. The van der Waals surface area contributed by atoms with Gasteiger partial charge in [0.05, 0.1) is 22.0 Å². The van der Waals surface area contributed by atoms with Crippen molar-refractivity contribution in [1.82, 2.24) is 10.2 Å². The van der Waals surface area contributed by atoms with Crippen LogP contribution in [-0.2, 0) is 29.0 Å². The highest BCUT2D eigenvalue weighted by Crippen LogP contribution is 2.34. The van der Waals surface area contributed by atoms with Gasteiger partial charge < -0.3 is 25.4 Å². The Morgan fingerprint density at radius 3 is 2.21 bits per heavy atom. The summed E-state index contributed by atoms with van der Waals surface area (Å²) < 4.78 is 11.6. The van der Waals surface area contributed by atoms with Crippen molar-refractivity contribution in [3.05, 3.63) is 93.0 Å². The molecule has 0 aliphatic heterocycles. The molecule has 0 bridgehead atoms. The molecule has 230 valence electrons. The smallest absolute Gasteiger partial charge is 0.227 e. The highest BCUT2D eigenvalue weighted by molar-refractivity contribution is 6.37. The van der Waals surface area contributed by atoms with Crippen molar-refractivity contribution in [1.29, 1.82) is 0 Å². The monoisotopic (exact) mass is 625 g/mol. The third-order valence-electron chi connectivity index (χ3n) is 7.67. The Morgan fingerprint density at radius 2 is 1.60 bits per heavy atom. The molecule has 1 amide bonds. The van der Waals surface area contributed by atoms with Crippen LogP contribution < -0.4 is 20.5 Å². The number of likely N-dealkylation sites (N-methyl/N-ethyl adjacent to an activating group) is 1. The van der Waals surface area contributed by atoms with Gasteiger partial charge in [0.25, 0.3) is 0 Å². The molecule has 7 nitrogen and oxygen atoms in total. The molecule has 3 aromatic rings. The Balaban J connectivity index is 1.32. The van der Waals surface area contributed by atoms with E-state index in [0.717, 1.165) is 35.1 Å². The van der Waals surface area contributed by atoms with E-state index in [1.807, 2.05) is 54.3 Å². The van der Waals surface area contributed by atoms with E-state index in [0.29, 0.717) is 54.1 Å². The third kappa shape index (κ3) is 9.44. The van der Waals surface area contributed by atoms with Crippen LogP contribution in [0.4, 0.5) is 0 Å². The van der Waals surface area contributed by atoms with Crippen LogP contribution in [0.2, 0.25) is 10.0 Å². The van der Waals surface area contributed by atoms with Crippen molar-refractivity contribution in [3.8, 4) is 11.5 Å². The highest BCUT2D eigenvalue weighted by Gasteiger charge is 2.35. The van der Waals surface area contributed by atoms with Crippen molar-refractivity contribution in [2.45, 2.75) is 58.2 Å². The van der Waals surface area contributed by atoms with Gasteiger partial charge in [0.15, 0.2) is 5.75 Å². The number of amides is 1. The first-order chi connectivity index (χ1) is 20.7. The van der Waals surface area contributed by atoms with Gasteiger partial charge in [-0.3, -0.25) is 9.59 Å². The lowest BCUT2D eigenvalue weighted by molar-refractivity contribution is -0.136. The van der Waals surface area contributed by atoms with Crippen LogP contribution in [0.3, 0.4) is 0 Å². The summed E-state index contributed by atoms with van der Waals surface area (Å²) in [5, 5.41) is 4.02. The number of halogens is 2. The van der Waals surface area contributed by atoms with E-state index in [4.69, 9.17) is 38.4 Å². The lowest BCUT2D eigenvalue weighted by Gasteiger charge is -2.27. The van der Waals surface area contributed by atoms with Crippen LogP contribution in [0.5, 0.6) is 11.5 Å². The van der Waals surface area contributed by atoms with Crippen LogP contribution >= 0.6 is 23.2 Å². The maximum absolute atomic E-state index is 13.7. The highest BCUT2D eigenvalue weighted by atomic mass is 35.5. The minimum absolute atomic E-state index is 0.0816. The number of ketones is 1. The lowest BCUT2D eigenvalue weighted by Crippen LogP contribution is -2.41. The van der Waals surface area contributed by atoms with E-state index in [2.05, 4.69) is 11.4 Å². The number of ether oxygens (including phenoxy) is 2. The number of carbonyl (C=O) groups is 2. The Labute approximate surface area is 264 Å². The van der Waals surface area contributed by atoms with Gasteiger partial charge in [-0.15, -0.1) is 0 Å². The number of benzene rings is 3. The number of hydrogen-bond acceptors (Lipinski definition) is 6.